The molecule has 3 heterocycles. The van der Waals surface area contributed by atoms with Crippen molar-refractivity contribution >= 4 is 17.2 Å². The number of pyridine rings is 1. The molecule has 5 aromatic rings. The van der Waals surface area contributed by atoms with Gasteiger partial charge in [-0.3, -0.25) is 9.20 Å². The molecule has 1 amide bonds. The molecular weight excluding hydrogens is 423 g/mol. The summed E-state index contributed by atoms with van der Waals surface area (Å²) in [6, 6.07) is 15.9. The highest BCUT2D eigenvalue weighted by molar-refractivity contribution is 5.89. The molecule has 0 atom stereocenters. The Bertz CT molecular complexity index is 1470. The van der Waals surface area contributed by atoms with Gasteiger partial charge < -0.3 is 10.1 Å². The molecule has 0 aliphatic heterocycles. The van der Waals surface area contributed by atoms with Gasteiger partial charge in [-0.1, -0.05) is 12.1 Å². The fraction of sp³-hybridized carbons (Fsp3) is 0.0833. The number of rotatable bonds is 5. The number of carbonyl (C=O) groups is 1. The highest BCUT2D eigenvalue weighted by atomic mass is 19.1. The number of nitrogens with one attached hydrogen (secondary N) is 1. The zero-order valence-corrected chi connectivity index (χ0v) is 17.9. The molecule has 3 aromatic heterocycles. The van der Waals surface area contributed by atoms with Crippen molar-refractivity contribution in [3.05, 3.63) is 79.1 Å². The number of carbonyl (C=O) groups excluding carboxylic acids is 1. The number of hydrogen-bond donors (Lipinski definition) is 1. The topological polar surface area (TPSA) is 86.3 Å². The van der Waals surface area contributed by atoms with Gasteiger partial charge in [0.25, 0.3) is 0 Å². The van der Waals surface area contributed by atoms with Crippen LogP contribution in [0.3, 0.4) is 0 Å². The van der Waals surface area contributed by atoms with E-state index in [9.17, 15) is 9.18 Å². The van der Waals surface area contributed by atoms with E-state index in [-0.39, 0.29) is 11.7 Å². The van der Waals surface area contributed by atoms with Gasteiger partial charge in [0.05, 0.1) is 24.7 Å². The van der Waals surface area contributed by atoms with Crippen molar-refractivity contribution < 1.29 is 13.9 Å². The number of nitrogens with zero attached hydrogens (tertiary/aromatic N) is 5. The molecule has 0 bridgehead atoms. The average molecular weight is 442 g/mol. The van der Waals surface area contributed by atoms with E-state index in [1.165, 1.54) is 26.4 Å². The minimum absolute atomic E-state index is 0.120. The van der Waals surface area contributed by atoms with Crippen molar-refractivity contribution in [3.8, 4) is 34.1 Å². The van der Waals surface area contributed by atoms with Crippen molar-refractivity contribution in [1.29, 1.82) is 0 Å². The summed E-state index contributed by atoms with van der Waals surface area (Å²) in [4.78, 5) is 20.2. The van der Waals surface area contributed by atoms with Crippen LogP contribution in [-0.2, 0) is 4.79 Å². The van der Waals surface area contributed by atoms with Gasteiger partial charge in [0.15, 0.2) is 17.4 Å². The molecule has 33 heavy (non-hydrogen) atoms. The van der Waals surface area contributed by atoms with Crippen molar-refractivity contribution in [2.24, 2.45) is 0 Å². The number of anilines is 1. The monoisotopic (exact) mass is 442 g/mol. The lowest BCUT2D eigenvalue weighted by atomic mass is 10.1. The van der Waals surface area contributed by atoms with Crippen LogP contribution in [0.2, 0.25) is 0 Å². The first kappa shape index (κ1) is 20.4. The molecule has 1 N–H and O–H groups in total. The summed E-state index contributed by atoms with van der Waals surface area (Å²) in [6.45, 7) is 1.47. The largest absolute Gasteiger partial charge is 0.494 e. The molecule has 0 radical (unpaired) electrons. The molecule has 0 aliphatic rings. The summed E-state index contributed by atoms with van der Waals surface area (Å²) in [6.07, 6.45) is 5.17. The van der Waals surface area contributed by atoms with Crippen molar-refractivity contribution in [3.63, 3.8) is 0 Å². The highest BCUT2D eigenvalue weighted by Crippen LogP contribution is 2.28. The molecule has 2 aromatic carbocycles. The number of amides is 1. The average Bonchev–Trinajstić information content (AvgIpc) is 3.46. The Morgan fingerprint density at radius 1 is 1.03 bits per heavy atom. The van der Waals surface area contributed by atoms with E-state index >= 15 is 0 Å². The Hall–Kier alpha value is -4.53. The summed E-state index contributed by atoms with van der Waals surface area (Å²) in [5.41, 5.74) is 4.75. The third-order valence-corrected chi connectivity index (χ3v) is 5.19. The van der Waals surface area contributed by atoms with Gasteiger partial charge in [0.2, 0.25) is 5.91 Å². The van der Waals surface area contributed by atoms with Crippen molar-refractivity contribution in [2.45, 2.75) is 6.92 Å². The van der Waals surface area contributed by atoms with Gasteiger partial charge in [-0.05, 0) is 36.4 Å². The molecule has 8 nitrogen and oxygen atoms in total. The van der Waals surface area contributed by atoms with E-state index in [1.54, 1.807) is 23.0 Å². The number of ether oxygens (including phenoxy) is 1. The van der Waals surface area contributed by atoms with Gasteiger partial charge in [-0.2, -0.15) is 5.10 Å². The maximum atomic E-state index is 13.9. The van der Waals surface area contributed by atoms with Gasteiger partial charge in [-0.25, -0.2) is 19.0 Å². The van der Waals surface area contributed by atoms with Crippen LogP contribution in [0.4, 0.5) is 10.1 Å². The number of halogens is 1. The maximum absolute atomic E-state index is 13.9. The number of fused-ring (bicyclic) bond motifs is 1. The fourth-order valence-corrected chi connectivity index (χ4v) is 3.66. The lowest BCUT2D eigenvalue weighted by molar-refractivity contribution is -0.114. The molecule has 0 fully saturated rings. The number of hydrogen-bond acceptors (Lipinski definition) is 5. The first-order valence-electron chi connectivity index (χ1n) is 10.1. The standard InChI is InChI=1S/C24H19FN6O2/c1-15(32)29-18-6-3-16(4-7-18)21-12-26-23-10-5-17(13-30(21)23)24-27-14-28-31(24)19-8-9-20(25)22(11-19)33-2/h3-14H,1-2H3,(H,29,32). The third-order valence-electron chi connectivity index (χ3n) is 5.19. The second-order valence-electron chi connectivity index (χ2n) is 7.36. The van der Waals surface area contributed by atoms with Gasteiger partial charge in [0.1, 0.15) is 12.0 Å². The molecule has 0 aliphatic carbocycles. The molecule has 5 rings (SSSR count). The van der Waals surface area contributed by atoms with Crippen LogP contribution in [0.15, 0.2) is 73.3 Å². The molecule has 0 saturated heterocycles. The smallest absolute Gasteiger partial charge is 0.221 e. The Morgan fingerprint density at radius 2 is 1.82 bits per heavy atom. The number of methoxy groups -OCH3 is 1. The zero-order valence-electron chi connectivity index (χ0n) is 17.9. The van der Waals surface area contributed by atoms with E-state index in [2.05, 4.69) is 20.4 Å². The summed E-state index contributed by atoms with van der Waals surface area (Å²) in [7, 11) is 1.42. The Labute approximate surface area is 188 Å². The van der Waals surface area contributed by atoms with E-state index < -0.39 is 5.82 Å². The maximum Gasteiger partial charge on any atom is 0.221 e. The lowest BCUT2D eigenvalue weighted by Gasteiger charge is -2.10. The molecule has 0 spiro atoms. The molecule has 9 heteroatoms. The van der Waals surface area contributed by atoms with Gasteiger partial charge >= 0.3 is 0 Å². The molecule has 0 saturated carbocycles. The zero-order chi connectivity index (χ0) is 22.9. The highest BCUT2D eigenvalue weighted by Gasteiger charge is 2.14. The van der Waals surface area contributed by atoms with Crippen LogP contribution < -0.4 is 10.1 Å². The van der Waals surface area contributed by atoms with Gasteiger partial charge in [0, 0.05) is 36.0 Å². The van der Waals surface area contributed by atoms with Crippen LogP contribution >= 0.6 is 0 Å². The van der Waals surface area contributed by atoms with Crippen LogP contribution in [0.25, 0.3) is 34.0 Å². The second-order valence-corrected chi connectivity index (χ2v) is 7.36. The summed E-state index contributed by atoms with van der Waals surface area (Å²) in [5.74, 6) is 0.150. The fourth-order valence-electron chi connectivity index (χ4n) is 3.66. The second kappa shape index (κ2) is 8.19. The van der Waals surface area contributed by atoms with Crippen LogP contribution in [0.1, 0.15) is 6.92 Å². The van der Waals surface area contributed by atoms with Crippen molar-refractivity contribution in [2.75, 3.05) is 12.4 Å². The predicted molar refractivity (Wildman–Crippen MR) is 122 cm³/mol. The van der Waals surface area contributed by atoms with Crippen LogP contribution in [0.5, 0.6) is 5.75 Å². The number of imidazole rings is 1. The third kappa shape index (κ3) is 3.80. The van der Waals surface area contributed by atoms with E-state index in [1.807, 2.05) is 47.0 Å². The normalized spacial score (nSPS) is 11.0. The summed E-state index contributed by atoms with van der Waals surface area (Å²) >= 11 is 0. The van der Waals surface area contributed by atoms with Crippen LogP contribution in [-0.4, -0.2) is 37.2 Å². The molecular formula is C24H19FN6O2. The summed E-state index contributed by atoms with van der Waals surface area (Å²) in [5, 5.41) is 7.08. The minimum atomic E-state index is -0.447. The Kier molecular flexibility index (Phi) is 5.06. The lowest BCUT2D eigenvalue weighted by Crippen LogP contribution is -2.05. The summed E-state index contributed by atoms with van der Waals surface area (Å²) < 4.78 is 22.6. The van der Waals surface area contributed by atoms with Gasteiger partial charge in [-0.15, -0.1) is 0 Å². The van der Waals surface area contributed by atoms with E-state index in [0.717, 1.165) is 28.2 Å². The molecule has 164 valence electrons. The number of aromatic nitrogens is 5. The Balaban J connectivity index is 1.56. The van der Waals surface area contributed by atoms with Crippen molar-refractivity contribution in [1.82, 2.24) is 24.1 Å². The predicted octanol–water partition coefficient (Wildman–Crippen LogP) is 4.36. The first-order chi connectivity index (χ1) is 16.0. The van der Waals surface area contributed by atoms with E-state index in [0.29, 0.717) is 11.5 Å². The Morgan fingerprint density at radius 3 is 2.58 bits per heavy atom. The van der Waals surface area contributed by atoms with E-state index in [4.69, 9.17) is 4.74 Å². The first-order valence-corrected chi connectivity index (χ1v) is 10.1. The SMILES string of the molecule is COc1cc(-n2ncnc2-c2ccc3ncc(-c4ccc(NC(C)=O)cc4)n3c2)ccc1F. The minimum Gasteiger partial charge on any atom is -0.494 e. The molecule has 0 unspecified atom stereocenters. The quantitative estimate of drug-likeness (QED) is 0.437. The number of benzene rings is 2. The van der Waals surface area contributed by atoms with Crippen LogP contribution in [0, 0.1) is 5.82 Å².